The van der Waals surface area contributed by atoms with Crippen molar-refractivity contribution in [3.63, 3.8) is 0 Å². The molecule has 0 spiro atoms. The first-order chi connectivity index (χ1) is 25.3. The summed E-state index contributed by atoms with van der Waals surface area (Å²) >= 11 is 0.600. The van der Waals surface area contributed by atoms with Crippen LogP contribution >= 0.6 is 12.0 Å². The van der Waals surface area contributed by atoms with Crippen molar-refractivity contribution in [2.45, 2.75) is 58.3 Å². The van der Waals surface area contributed by atoms with Crippen molar-refractivity contribution in [3.05, 3.63) is 42.0 Å². The number of ether oxygens (including phenoxy) is 2. The van der Waals surface area contributed by atoms with E-state index < -0.39 is 60.2 Å². The largest absolute Gasteiger partial charge is 0.479 e. The Morgan fingerprint density at radius 2 is 1.77 bits per heavy atom. The lowest BCUT2D eigenvalue weighted by molar-refractivity contribution is -0.147. The number of imide groups is 1. The number of urea groups is 1. The molecule has 18 nitrogen and oxygen atoms in total. The number of nitrogens with zero attached hydrogens (tertiary/aromatic N) is 3. The number of benzene rings is 1. The molecular weight excluding hydrogens is 712 g/mol. The van der Waals surface area contributed by atoms with E-state index in [1.807, 2.05) is 38.2 Å². The van der Waals surface area contributed by atoms with Crippen molar-refractivity contribution >= 4 is 66.0 Å². The Morgan fingerprint density at radius 1 is 1.11 bits per heavy atom. The number of anilines is 1. The number of likely N-dealkylation sites (tertiary alicyclic amines) is 1. The highest BCUT2D eigenvalue weighted by atomic mass is 32.2. The highest BCUT2D eigenvalue weighted by molar-refractivity contribution is 7.93. The third-order valence-electron chi connectivity index (χ3n) is 7.45. The molecule has 2 heterocycles. The van der Waals surface area contributed by atoms with E-state index in [0.29, 0.717) is 37.2 Å². The van der Waals surface area contributed by atoms with E-state index in [9.17, 15) is 33.6 Å². The number of rotatable bonds is 19. The van der Waals surface area contributed by atoms with Gasteiger partial charge in [-0.1, -0.05) is 32.9 Å². The van der Waals surface area contributed by atoms with Gasteiger partial charge in [-0.2, -0.15) is 0 Å². The first-order valence-corrected chi connectivity index (χ1v) is 17.8. The van der Waals surface area contributed by atoms with Crippen molar-refractivity contribution in [2.24, 2.45) is 16.6 Å². The summed E-state index contributed by atoms with van der Waals surface area (Å²) in [5, 5.41) is 10.5. The number of primary amides is 1. The van der Waals surface area contributed by atoms with Gasteiger partial charge in [0.05, 0.1) is 32.3 Å². The fraction of sp³-hybridized carbons (Fsp3) is 0.529. The predicted octanol–water partition coefficient (Wildman–Crippen LogP) is 0.527. The molecule has 1 aromatic carbocycles. The van der Waals surface area contributed by atoms with Crippen LogP contribution in [0.15, 0.2) is 41.4 Å². The predicted molar refractivity (Wildman–Crippen MR) is 200 cm³/mol. The molecule has 53 heavy (non-hydrogen) atoms. The second-order valence-corrected chi connectivity index (χ2v) is 12.4. The quantitative estimate of drug-likeness (QED) is 0.0282. The fourth-order valence-corrected chi connectivity index (χ4v) is 5.05. The zero-order valence-corrected chi connectivity index (χ0v) is 31.6. The number of nitrogens with one attached hydrogen (secondary N) is 4. The van der Waals surface area contributed by atoms with Crippen molar-refractivity contribution in [1.82, 2.24) is 25.8 Å². The average molecular weight is 765 g/mol. The Balaban J connectivity index is 0.000000571. The number of hydrogen-bond acceptors (Lipinski definition) is 13. The van der Waals surface area contributed by atoms with Gasteiger partial charge in [-0.25, -0.2) is 4.79 Å². The molecule has 7 N–H and O–H groups in total. The minimum atomic E-state index is -1.06. The Bertz CT molecular complexity index is 1390. The van der Waals surface area contributed by atoms with Crippen LogP contribution in [0, 0.1) is 5.92 Å². The number of nitrogens with two attached hydrogens (primary N) is 1. The van der Waals surface area contributed by atoms with Gasteiger partial charge in [0.25, 0.3) is 11.8 Å². The van der Waals surface area contributed by atoms with E-state index >= 15 is 0 Å². The monoisotopic (exact) mass is 764 g/mol. The summed E-state index contributed by atoms with van der Waals surface area (Å²) < 4.78 is 19.4. The highest BCUT2D eigenvalue weighted by Crippen LogP contribution is 2.26. The SMILES string of the molecule is CC(C)C(NC(=O)CN1C(=O)C(N2C(=O)C=CC2=O)CC1COCCSO)C(=O)NCC=O.CCCNC(N)=O.CN=COCc1ccc(NC)cc1. The molecule has 7 amide bonds. The molecular formula is C34H52N8O10S. The maximum Gasteiger partial charge on any atom is 0.312 e. The highest BCUT2D eigenvalue weighted by Gasteiger charge is 2.47. The number of carbonyl (C=O) groups is 7. The number of hydrogen-bond donors (Lipinski definition) is 6. The van der Waals surface area contributed by atoms with E-state index in [4.69, 9.17) is 19.8 Å². The summed E-state index contributed by atoms with van der Waals surface area (Å²) in [6, 6.07) is 5.05. The number of carbonyl (C=O) groups excluding carboxylic acids is 7. The van der Waals surface area contributed by atoms with Crippen LogP contribution < -0.4 is 27.0 Å². The van der Waals surface area contributed by atoms with Gasteiger partial charge < -0.3 is 50.7 Å². The van der Waals surface area contributed by atoms with Gasteiger partial charge in [-0.15, -0.1) is 0 Å². The van der Waals surface area contributed by atoms with Crippen LogP contribution in [0.2, 0.25) is 0 Å². The zero-order valence-electron chi connectivity index (χ0n) is 30.7. The van der Waals surface area contributed by atoms with Gasteiger partial charge in [0.15, 0.2) is 6.40 Å². The number of aldehydes is 1. The summed E-state index contributed by atoms with van der Waals surface area (Å²) in [6.45, 7) is 6.28. The summed E-state index contributed by atoms with van der Waals surface area (Å²) in [5.74, 6) is -2.91. The molecule has 0 aliphatic carbocycles. The van der Waals surface area contributed by atoms with Crippen molar-refractivity contribution in [3.8, 4) is 0 Å². The van der Waals surface area contributed by atoms with Gasteiger partial charge in [0.1, 0.15) is 25.0 Å². The van der Waals surface area contributed by atoms with Crippen molar-refractivity contribution in [1.29, 1.82) is 0 Å². The molecule has 3 unspecified atom stereocenters. The zero-order chi connectivity index (χ0) is 39.8. The lowest BCUT2D eigenvalue weighted by Crippen LogP contribution is -2.53. The normalized spacial score (nSPS) is 16.8. The van der Waals surface area contributed by atoms with E-state index in [2.05, 4.69) is 26.3 Å². The lowest BCUT2D eigenvalue weighted by atomic mass is 10.0. The standard InChI is InChI=1S/C20H28N4O8S.C10H14N2O.C4H10N2O/c1-12(2)18(19(29)21-5-6-25)22-15(26)10-23-13(11-32-7-8-33-31)9-14(20(23)30)24-16(27)3-4-17(24)28;1-11-8-13-7-9-3-5-10(12-2)6-4-9;1-2-3-6-4(5)7/h3-4,6,12-14,18,31H,5,7-11H2,1-2H3,(H,21,29)(H,22,26);3-6,8,12H,7H2,1-2H3;2-3H2,1H3,(H3,5,6,7). The van der Waals surface area contributed by atoms with Crippen LogP contribution in [0.3, 0.4) is 0 Å². The Morgan fingerprint density at radius 3 is 2.28 bits per heavy atom. The third kappa shape index (κ3) is 16.9. The summed E-state index contributed by atoms with van der Waals surface area (Å²) in [7, 11) is 3.58. The molecule has 294 valence electrons. The first kappa shape index (κ1) is 46.0. The van der Waals surface area contributed by atoms with Crippen LogP contribution in [0.25, 0.3) is 0 Å². The fourth-order valence-electron chi connectivity index (χ4n) is 4.86. The van der Waals surface area contributed by atoms with E-state index in [-0.39, 0.29) is 32.1 Å². The molecule has 0 bridgehead atoms. The minimum absolute atomic E-state index is 0.0349. The van der Waals surface area contributed by atoms with Crippen molar-refractivity contribution in [2.75, 3.05) is 58.0 Å². The molecule has 0 saturated carbocycles. The molecule has 1 saturated heterocycles. The molecule has 2 aliphatic rings. The topological polar surface area (TPSA) is 251 Å². The van der Waals surface area contributed by atoms with E-state index in [1.165, 1.54) is 11.3 Å². The Hall–Kier alpha value is -5.01. The van der Waals surface area contributed by atoms with Crippen molar-refractivity contribution < 1.29 is 47.6 Å². The van der Waals surface area contributed by atoms with Gasteiger partial charge >= 0.3 is 6.03 Å². The summed E-state index contributed by atoms with van der Waals surface area (Å²) in [5.41, 5.74) is 6.97. The molecule has 0 radical (unpaired) electrons. The van der Waals surface area contributed by atoms with Crippen LogP contribution in [0.4, 0.5) is 10.5 Å². The second-order valence-electron chi connectivity index (χ2n) is 11.8. The molecule has 3 rings (SSSR count). The third-order valence-corrected chi connectivity index (χ3v) is 7.80. The molecule has 2 aliphatic heterocycles. The molecule has 3 atom stereocenters. The number of amides is 7. The Kier molecular flexibility index (Phi) is 22.5. The van der Waals surface area contributed by atoms with E-state index in [0.717, 1.165) is 34.7 Å². The molecule has 0 aromatic heterocycles. The van der Waals surface area contributed by atoms with Gasteiger partial charge in [0.2, 0.25) is 17.7 Å². The van der Waals surface area contributed by atoms with Gasteiger partial charge in [-0.3, -0.25) is 33.9 Å². The number of aliphatic imine (C=N–C) groups is 1. The smallest absolute Gasteiger partial charge is 0.312 e. The Labute approximate surface area is 313 Å². The van der Waals surface area contributed by atoms with Gasteiger partial charge in [0, 0.05) is 50.7 Å². The van der Waals surface area contributed by atoms with Crippen LogP contribution in [0.5, 0.6) is 0 Å². The first-order valence-electron chi connectivity index (χ1n) is 16.9. The van der Waals surface area contributed by atoms with Crippen LogP contribution in [0.1, 0.15) is 39.2 Å². The second kappa shape index (κ2) is 25.9. The molecule has 1 fully saturated rings. The molecule has 19 heteroatoms. The van der Waals surface area contributed by atoms with Gasteiger partial charge in [-0.05, 0) is 42.1 Å². The van der Waals surface area contributed by atoms with Crippen LogP contribution in [-0.2, 0) is 44.8 Å². The van der Waals surface area contributed by atoms with E-state index in [1.54, 1.807) is 20.9 Å². The molecule has 1 aromatic rings. The maximum atomic E-state index is 13.1. The minimum Gasteiger partial charge on any atom is -0.479 e. The summed E-state index contributed by atoms with van der Waals surface area (Å²) in [4.78, 5) is 88.4. The van der Waals surface area contributed by atoms with Crippen LogP contribution in [-0.4, -0.2) is 133 Å². The lowest BCUT2D eigenvalue weighted by Gasteiger charge is -2.26. The average Bonchev–Trinajstić information content (AvgIpc) is 3.63. The summed E-state index contributed by atoms with van der Waals surface area (Å²) in [6.07, 6.45) is 5.16. The maximum absolute atomic E-state index is 13.1.